The van der Waals surface area contributed by atoms with Crippen LogP contribution in [0.15, 0.2) is 12.3 Å². The first-order chi connectivity index (χ1) is 9.12. The molecule has 0 saturated heterocycles. The van der Waals surface area contributed by atoms with Crippen LogP contribution >= 0.6 is 11.6 Å². The Morgan fingerprint density at radius 2 is 2.05 bits per heavy atom. The molecule has 0 aliphatic carbocycles. The zero-order chi connectivity index (χ0) is 15.2. The van der Waals surface area contributed by atoms with Crippen LogP contribution in [0.4, 0.5) is 13.2 Å². The van der Waals surface area contributed by atoms with Gasteiger partial charge in [-0.2, -0.15) is 13.2 Å². The van der Waals surface area contributed by atoms with Gasteiger partial charge in [0.2, 0.25) is 0 Å². The predicted molar refractivity (Wildman–Crippen MR) is 66.3 cm³/mol. The van der Waals surface area contributed by atoms with Crippen molar-refractivity contribution < 1.29 is 23.1 Å². The summed E-state index contributed by atoms with van der Waals surface area (Å²) in [6.45, 7) is 3.45. The number of rotatable bonds is 2. The van der Waals surface area contributed by atoms with Gasteiger partial charge < -0.3 is 5.11 Å². The third kappa shape index (κ3) is 2.33. The number of hydrogen-bond acceptors (Lipinski definition) is 2. The number of hydrogen-bond donors (Lipinski definition) is 1. The number of halogens is 4. The van der Waals surface area contributed by atoms with Crippen molar-refractivity contribution in [2.24, 2.45) is 0 Å². The van der Waals surface area contributed by atoms with Crippen molar-refractivity contribution in [2.45, 2.75) is 25.9 Å². The minimum atomic E-state index is -4.64. The Morgan fingerprint density at radius 1 is 1.45 bits per heavy atom. The third-order valence-corrected chi connectivity index (χ3v) is 3.22. The molecule has 2 aromatic heterocycles. The van der Waals surface area contributed by atoms with Crippen LogP contribution in [0.1, 0.15) is 41.4 Å². The quantitative estimate of drug-likeness (QED) is 0.917. The number of carboxylic acids is 1. The highest BCUT2D eigenvalue weighted by Gasteiger charge is 2.36. The van der Waals surface area contributed by atoms with Gasteiger partial charge in [0.05, 0.1) is 5.56 Å². The molecule has 2 aromatic rings. The molecule has 1 N–H and O–H groups in total. The Kier molecular flexibility index (Phi) is 3.41. The molecule has 0 spiro atoms. The standard InChI is InChI=1S/C12H10ClF3N2O2/c1-5(2)6-3-7(12(14,15)16)10-17-8(11(19)20)9(13)18(10)4-6/h3-5H,1-2H3,(H,19,20). The zero-order valence-electron chi connectivity index (χ0n) is 10.5. The highest BCUT2D eigenvalue weighted by atomic mass is 35.5. The second-order valence-corrected chi connectivity index (χ2v) is 4.95. The average molecular weight is 307 g/mol. The lowest BCUT2D eigenvalue weighted by Gasteiger charge is -2.13. The topological polar surface area (TPSA) is 54.6 Å². The molecule has 108 valence electrons. The van der Waals surface area contributed by atoms with Gasteiger partial charge in [0.1, 0.15) is 5.15 Å². The molecular weight excluding hydrogens is 297 g/mol. The smallest absolute Gasteiger partial charge is 0.419 e. The molecule has 8 heteroatoms. The lowest BCUT2D eigenvalue weighted by atomic mass is 10.0. The van der Waals surface area contributed by atoms with Gasteiger partial charge in [0, 0.05) is 6.20 Å². The van der Waals surface area contributed by atoms with Crippen LogP contribution in [0.5, 0.6) is 0 Å². The SMILES string of the molecule is CC(C)c1cc(C(F)(F)F)c2nc(C(=O)O)c(Cl)n2c1. The summed E-state index contributed by atoms with van der Waals surface area (Å²) in [6.07, 6.45) is -3.27. The van der Waals surface area contributed by atoms with Gasteiger partial charge >= 0.3 is 12.1 Å². The number of aromatic nitrogens is 2. The second kappa shape index (κ2) is 4.66. The van der Waals surface area contributed by atoms with Gasteiger partial charge in [0.25, 0.3) is 0 Å². The van der Waals surface area contributed by atoms with Gasteiger partial charge in [-0.3, -0.25) is 4.40 Å². The second-order valence-electron chi connectivity index (χ2n) is 4.59. The van der Waals surface area contributed by atoms with Crippen LogP contribution in [0.3, 0.4) is 0 Å². The van der Waals surface area contributed by atoms with E-state index in [-0.39, 0.29) is 11.1 Å². The lowest BCUT2D eigenvalue weighted by molar-refractivity contribution is -0.136. The van der Waals surface area contributed by atoms with Crippen molar-refractivity contribution >= 4 is 23.2 Å². The van der Waals surface area contributed by atoms with Gasteiger partial charge in [-0.25, -0.2) is 9.78 Å². The largest absolute Gasteiger partial charge is 0.476 e. The Bertz CT molecular complexity index is 692. The molecular formula is C12H10ClF3N2O2. The molecule has 0 amide bonds. The van der Waals surface area contributed by atoms with Gasteiger partial charge in [-0.1, -0.05) is 25.4 Å². The number of pyridine rings is 1. The van der Waals surface area contributed by atoms with Crippen molar-refractivity contribution in [1.82, 2.24) is 9.38 Å². The molecule has 2 heterocycles. The molecule has 0 unspecified atom stereocenters. The van der Waals surface area contributed by atoms with Crippen LogP contribution in [-0.2, 0) is 6.18 Å². The maximum atomic E-state index is 13.1. The normalized spacial score (nSPS) is 12.3. The van der Waals surface area contributed by atoms with E-state index in [0.717, 1.165) is 10.5 Å². The first-order valence-corrected chi connectivity index (χ1v) is 6.02. The summed E-state index contributed by atoms with van der Waals surface area (Å²) in [5.41, 5.74) is -1.72. The van der Waals surface area contributed by atoms with E-state index in [4.69, 9.17) is 16.7 Å². The number of aromatic carboxylic acids is 1. The predicted octanol–water partition coefficient (Wildman–Crippen LogP) is 3.83. The summed E-state index contributed by atoms with van der Waals surface area (Å²) in [5, 5.41) is 8.55. The molecule has 0 bridgehead atoms. The van der Waals surface area contributed by atoms with Crippen molar-refractivity contribution in [3.63, 3.8) is 0 Å². The molecule has 0 aromatic carbocycles. The maximum absolute atomic E-state index is 13.1. The summed E-state index contributed by atoms with van der Waals surface area (Å²) >= 11 is 5.80. The number of nitrogens with zero attached hydrogens (tertiary/aromatic N) is 2. The minimum absolute atomic E-state index is 0.174. The summed E-state index contributed by atoms with van der Waals surface area (Å²) in [4.78, 5) is 14.4. The molecule has 0 saturated carbocycles. The first kappa shape index (κ1) is 14.6. The Morgan fingerprint density at radius 3 is 2.50 bits per heavy atom. The van der Waals surface area contributed by atoms with Crippen LogP contribution < -0.4 is 0 Å². The van der Waals surface area contributed by atoms with Crippen molar-refractivity contribution in [2.75, 3.05) is 0 Å². The van der Waals surface area contributed by atoms with E-state index in [9.17, 15) is 18.0 Å². The highest BCUT2D eigenvalue weighted by Crippen LogP contribution is 2.35. The zero-order valence-corrected chi connectivity index (χ0v) is 11.2. The molecule has 0 aliphatic rings. The van der Waals surface area contributed by atoms with E-state index in [1.807, 2.05) is 0 Å². The number of fused-ring (bicyclic) bond motifs is 1. The van der Waals surface area contributed by atoms with E-state index in [1.165, 1.54) is 6.20 Å². The average Bonchev–Trinajstić information content (AvgIpc) is 2.64. The van der Waals surface area contributed by atoms with Crippen molar-refractivity contribution in [3.8, 4) is 0 Å². The van der Waals surface area contributed by atoms with E-state index >= 15 is 0 Å². The van der Waals surface area contributed by atoms with E-state index in [1.54, 1.807) is 13.8 Å². The number of alkyl halides is 3. The van der Waals surface area contributed by atoms with Crippen LogP contribution in [0.2, 0.25) is 5.15 Å². The summed E-state index contributed by atoms with van der Waals surface area (Å²) in [5.74, 6) is -1.65. The molecule has 2 rings (SSSR count). The maximum Gasteiger partial charge on any atom is 0.419 e. The lowest BCUT2D eigenvalue weighted by Crippen LogP contribution is -2.09. The number of carbonyl (C=O) groups is 1. The van der Waals surface area contributed by atoms with Gasteiger partial charge in [-0.15, -0.1) is 0 Å². The van der Waals surface area contributed by atoms with Gasteiger partial charge in [0.15, 0.2) is 11.3 Å². The summed E-state index contributed by atoms with van der Waals surface area (Å²) in [6, 6.07) is 0.967. The van der Waals surface area contributed by atoms with Crippen LogP contribution in [-0.4, -0.2) is 20.5 Å². The summed E-state index contributed by atoms with van der Waals surface area (Å²) in [7, 11) is 0. The van der Waals surface area contributed by atoms with Crippen molar-refractivity contribution in [3.05, 3.63) is 34.2 Å². The van der Waals surface area contributed by atoms with Crippen molar-refractivity contribution in [1.29, 1.82) is 0 Å². The summed E-state index contributed by atoms with van der Waals surface area (Å²) < 4.78 is 40.1. The Labute approximate surface area is 116 Å². The van der Waals surface area contributed by atoms with Gasteiger partial charge in [-0.05, 0) is 17.5 Å². The van der Waals surface area contributed by atoms with E-state index < -0.39 is 29.1 Å². The first-order valence-electron chi connectivity index (χ1n) is 5.65. The fraction of sp³-hybridized carbons (Fsp3) is 0.333. The number of imidazole rings is 1. The fourth-order valence-electron chi connectivity index (χ4n) is 1.80. The fourth-order valence-corrected chi connectivity index (χ4v) is 2.05. The molecule has 0 atom stereocenters. The molecule has 0 fully saturated rings. The molecule has 20 heavy (non-hydrogen) atoms. The highest BCUT2D eigenvalue weighted by molar-refractivity contribution is 6.32. The Hall–Kier alpha value is -1.76. The molecule has 4 nitrogen and oxygen atoms in total. The number of carboxylic acid groups (broad SMARTS) is 1. The van der Waals surface area contributed by atoms with E-state index in [2.05, 4.69) is 4.98 Å². The third-order valence-electron chi connectivity index (χ3n) is 2.86. The minimum Gasteiger partial charge on any atom is -0.476 e. The monoisotopic (exact) mass is 306 g/mol. The molecule has 0 aliphatic heterocycles. The molecule has 0 radical (unpaired) electrons. The van der Waals surface area contributed by atoms with Crippen LogP contribution in [0.25, 0.3) is 5.65 Å². The van der Waals surface area contributed by atoms with Crippen LogP contribution in [0, 0.1) is 0 Å². The van der Waals surface area contributed by atoms with E-state index in [0.29, 0.717) is 5.56 Å². The Balaban J connectivity index is 2.89.